The van der Waals surface area contributed by atoms with Gasteiger partial charge in [0.1, 0.15) is 0 Å². The summed E-state index contributed by atoms with van der Waals surface area (Å²) >= 11 is 11.6. The van der Waals surface area contributed by atoms with Gasteiger partial charge in [0.15, 0.2) is 0 Å². The molecule has 0 fully saturated rings. The summed E-state index contributed by atoms with van der Waals surface area (Å²) in [7, 11) is -3.91. The molecule has 22 heavy (non-hydrogen) atoms. The topological polar surface area (TPSA) is 86.7 Å². The van der Waals surface area contributed by atoms with Crippen LogP contribution in [0.2, 0.25) is 10.0 Å². The molecule has 0 saturated heterocycles. The number of hydrogen-bond acceptors (Lipinski definition) is 4. The standard InChI is InChI=1S/C13H18Cl2N2O4S/c1-2-3-4-7-17(9-13(18)16-19)22(20,21)10-5-6-11(14)12(15)8-10/h5-6,8,19H,2-4,7,9H2,1H3,(H,16,18). The molecule has 0 aromatic heterocycles. The van der Waals surface area contributed by atoms with Crippen molar-refractivity contribution in [2.75, 3.05) is 13.1 Å². The van der Waals surface area contributed by atoms with Crippen molar-refractivity contribution in [3.05, 3.63) is 28.2 Å². The van der Waals surface area contributed by atoms with Crippen LogP contribution in [0.1, 0.15) is 26.2 Å². The predicted molar refractivity (Wildman–Crippen MR) is 84.7 cm³/mol. The van der Waals surface area contributed by atoms with Crippen molar-refractivity contribution in [2.24, 2.45) is 0 Å². The van der Waals surface area contributed by atoms with Gasteiger partial charge in [-0.3, -0.25) is 10.0 Å². The molecule has 1 aromatic carbocycles. The zero-order chi connectivity index (χ0) is 16.8. The minimum atomic E-state index is -3.91. The number of carbonyl (C=O) groups is 1. The molecule has 0 saturated carbocycles. The fraction of sp³-hybridized carbons (Fsp3) is 0.462. The average molecular weight is 369 g/mol. The molecule has 9 heteroatoms. The van der Waals surface area contributed by atoms with E-state index in [1.165, 1.54) is 23.7 Å². The first kappa shape index (κ1) is 19.2. The van der Waals surface area contributed by atoms with Crippen LogP contribution in [0.4, 0.5) is 0 Å². The average Bonchev–Trinajstić information content (AvgIpc) is 2.48. The molecule has 0 spiro atoms. The Kier molecular flexibility index (Phi) is 7.58. The lowest BCUT2D eigenvalue weighted by Gasteiger charge is -2.21. The number of rotatable bonds is 8. The lowest BCUT2D eigenvalue weighted by Crippen LogP contribution is -2.40. The summed E-state index contributed by atoms with van der Waals surface area (Å²) in [5.74, 6) is -0.805. The van der Waals surface area contributed by atoms with E-state index in [0.717, 1.165) is 17.1 Å². The number of unbranched alkanes of at least 4 members (excludes halogenated alkanes) is 2. The number of halogens is 2. The summed E-state index contributed by atoms with van der Waals surface area (Å²) in [6.45, 7) is 1.69. The molecule has 0 aliphatic rings. The van der Waals surface area contributed by atoms with E-state index in [2.05, 4.69) is 0 Å². The first-order chi connectivity index (χ1) is 10.3. The van der Waals surface area contributed by atoms with Gasteiger partial charge in [0.2, 0.25) is 10.0 Å². The van der Waals surface area contributed by atoms with Crippen molar-refractivity contribution in [2.45, 2.75) is 31.1 Å². The summed E-state index contributed by atoms with van der Waals surface area (Å²) in [5, 5.41) is 8.97. The molecular formula is C13H18Cl2N2O4S. The van der Waals surface area contributed by atoms with Crippen LogP contribution < -0.4 is 5.48 Å². The quantitative estimate of drug-likeness (QED) is 0.419. The second kappa shape index (κ2) is 8.69. The van der Waals surface area contributed by atoms with Crippen molar-refractivity contribution < 1.29 is 18.4 Å². The summed E-state index contributed by atoms with van der Waals surface area (Å²) in [6.07, 6.45) is 2.34. The van der Waals surface area contributed by atoms with E-state index in [1.54, 1.807) is 0 Å². The van der Waals surface area contributed by atoms with Crippen LogP contribution in [0.3, 0.4) is 0 Å². The van der Waals surface area contributed by atoms with Gasteiger partial charge in [0.05, 0.1) is 21.5 Å². The number of nitrogens with one attached hydrogen (secondary N) is 1. The molecule has 6 nitrogen and oxygen atoms in total. The van der Waals surface area contributed by atoms with E-state index >= 15 is 0 Å². The van der Waals surface area contributed by atoms with Crippen LogP contribution in [0.25, 0.3) is 0 Å². The maximum Gasteiger partial charge on any atom is 0.258 e. The largest absolute Gasteiger partial charge is 0.289 e. The maximum absolute atomic E-state index is 12.6. The van der Waals surface area contributed by atoms with Gasteiger partial charge in [-0.1, -0.05) is 43.0 Å². The molecule has 1 rings (SSSR count). The van der Waals surface area contributed by atoms with Gasteiger partial charge >= 0.3 is 0 Å². The zero-order valence-electron chi connectivity index (χ0n) is 12.1. The normalized spacial score (nSPS) is 11.7. The van der Waals surface area contributed by atoms with Crippen LogP contribution in [0.5, 0.6) is 0 Å². The number of carbonyl (C=O) groups excluding carboxylic acids is 1. The molecule has 1 aromatic rings. The van der Waals surface area contributed by atoms with E-state index in [0.29, 0.717) is 6.42 Å². The van der Waals surface area contributed by atoms with Gasteiger partial charge in [0.25, 0.3) is 5.91 Å². The smallest absolute Gasteiger partial charge is 0.258 e. The molecule has 1 amide bonds. The Balaban J connectivity index is 3.07. The molecule has 0 aliphatic heterocycles. The number of hydrogen-bond donors (Lipinski definition) is 2. The third-order valence-electron chi connectivity index (χ3n) is 2.98. The molecule has 0 bridgehead atoms. The molecule has 0 aliphatic carbocycles. The van der Waals surface area contributed by atoms with Gasteiger partial charge in [-0.2, -0.15) is 4.31 Å². The number of nitrogens with zero attached hydrogens (tertiary/aromatic N) is 1. The second-order valence-corrected chi connectivity index (χ2v) is 7.41. The summed E-state index contributed by atoms with van der Waals surface area (Å²) in [5.41, 5.74) is 1.44. The highest BCUT2D eigenvalue weighted by Gasteiger charge is 2.26. The van der Waals surface area contributed by atoms with Crippen LogP contribution >= 0.6 is 23.2 Å². The Morgan fingerprint density at radius 2 is 1.95 bits per heavy atom. The SMILES string of the molecule is CCCCCN(CC(=O)NO)S(=O)(=O)c1ccc(Cl)c(Cl)c1. The second-order valence-electron chi connectivity index (χ2n) is 4.66. The van der Waals surface area contributed by atoms with Crippen LogP contribution in [-0.2, 0) is 14.8 Å². The van der Waals surface area contributed by atoms with Gasteiger partial charge < -0.3 is 0 Å². The van der Waals surface area contributed by atoms with Gasteiger partial charge in [-0.05, 0) is 24.6 Å². The predicted octanol–water partition coefficient (Wildman–Crippen LogP) is 2.68. The lowest BCUT2D eigenvalue weighted by molar-refractivity contribution is -0.129. The van der Waals surface area contributed by atoms with Crippen LogP contribution in [0.15, 0.2) is 23.1 Å². The Bertz CT molecular complexity index is 622. The third kappa shape index (κ3) is 5.10. The monoisotopic (exact) mass is 368 g/mol. The van der Waals surface area contributed by atoms with Crippen molar-refractivity contribution in [1.82, 2.24) is 9.79 Å². The van der Waals surface area contributed by atoms with E-state index in [9.17, 15) is 13.2 Å². The molecule has 2 N–H and O–H groups in total. The summed E-state index contributed by atoms with van der Waals surface area (Å²) in [4.78, 5) is 11.3. The van der Waals surface area contributed by atoms with Crippen molar-refractivity contribution in [3.63, 3.8) is 0 Å². The van der Waals surface area contributed by atoms with Crippen molar-refractivity contribution in [1.29, 1.82) is 0 Å². The molecular weight excluding hydrogens is 351 g/mol. The van der Waals surface area contributed by atoms with E-state index < -0.39 is 22.5 Å². The highest BCUT2D eigenvalue weighted by atomic mass is 35.5. The number of sulfonamides is 1. The molecule has 0 unspecified atom stereocenters. The van der Waals surface area contributed by atoms with Crippen molar-refractivity contribution >= 4 is 39.1 Å². The van der Waals surface area contributed by atoms with E-state index in [4.69, 9.17) is 28.4 Å². The minimum Gasteiger partial charge on any atom is -0.289 e. The van der Waals surface area contributed by atoms with E-state index in [-0.39, 0.29) is 21.5 Å². The lowest BCUT2D eigenvalue weighted by atomic mass is 10.2. The molecule has 0 heterocycles. The fourth-order valence-electron chi connectivity index (χ4n) is 1.80. The van der Waals surface area contributed by atoms with Gasteiger partial charge in [-0.25, -0.2) is 13.9 Å². The van der Waals surface area contributed by atoms with Gasteiger partial charge in [0, 0.05) is 6.54 Å². The summed E-state index contributed by atoms with van der Waals surface area (Å²) in [6, 6.07) is 3.95. The Labute approximate surface area is 140 Å². The zero-order valence-corrected chi connectivity index (χ0v) is 14.4. The Hall–Kier alpha value is -0.860. The minimum absolute atomic E-state index is 0.0517. The number of benzene rings is 1. The third-order valence-corrected chi connectivity index (χ3v) is 5.56. The van der Waals surface area contributed by atoms with Crippen molar-refractivity contribution in [3.8, 4) is 0 Å². The first-order valence-electron chi connectivity index (χ1n) is 6.71. The molecule has 0 atom stereocenters. The summed E-state index contributed by atoms with van der Waals surface area (Å²) < 4.78 is 26.2. The Morgan fingerprint density at radius 3 is 2.50 bits per heavy atom. The van der Waals surface area contributed by atoms with Crippen LogP contribution in [0, 0.1) is 0 Å². The highest BCUT2D eigenvalue weighted by Crippen LogP contribution is 2.26. The fourth-order valence-corrected chi connectivity index (χ4v) is 3.63. The van der Waals surface area contributed by atoms with Gasteiger partial charge in [-0.15, -0.1) is 0 Å². The molecule has 124 valence electrons. The Morgan fingerprint density at radius 1 is 1.27 bits per heavy atom. The number of hydroxylamine groups is 1. The van der Waals surface area contributed by atoms with Crippen LogP contribution in [-0.4, -0.2) is 36.9 Å². The molecule has 0 radical (unpaired) electrons. The highest BCUT2D eigenvalue weighted by molar-refractivity contribution is 7.89. The first-order valence-corrected chi connectivity index (χ1v) is 8.90. The van der Waals surface area contributed by atoms with E-state index in [1.807, 2.05) is 6.92 Å². The number of amides is 1. The maximum atomic E-state index is 12.6.